The lowest BCUT2D eigenvalue weighted by atomic mass is 10.0. The fourth-order valence-corrected chi connectivity index (χ4v) is 5.22. The molecule has 5 aromatic rings. The molecule has 39 heavy (non-hydrogen) atoms. The van der Waals surface area contributed by atoms with Crippen LogP contribution in [0.5, 0.6) is 0 Å². The summed E-state index contributed by atoms with van der Waals surface area (Å²) in [4.78, 5) is 40.1. The van der Waals surface area contributed by atoms with Crippen LogP contribution in [-0.2, 0) is 9.59 Å². The lowest BCUT2D eigenvalue weighted by Gasteiger charge is -2.22. The zero-order chi connectivity index (χ0) is 27.1. The number of furan rings is 1. The van der Waals surface area contributed by atoms with Gasteiger partial charge in [-0.2, -0.15) is 0 Å². The van der Waals surface area contributed by atoms with Crippen molar-refractivity contribution in [2.75, 3.05) is 22.5 Å². The zero-order valence-corrected chi connectivity index (χ0v) is 21.2. The molecule has 1 aliphatic rings. The predicted molar refractivity (Wildman–Crippen MR) is 148 cm³/mol. The Labute approximate surface area is 223 Å². The van der Waals surface area contributed by atoms with Crippen LogP contribution in [0.4, 0.5) is 17.3 Å². The number of aryl methyl sites for hydroxylation is 1. The molecule has 2 atom stereocenters. The summed E-state index contributed by atoms with van der Waals surface area (Å²) in [5.74, 6) is 0.0900. The van der Waals surface area contributed by atoms with Gasteiger partial charge in [0.25, 0.3) is 0 Å². The van der Waals surface area contributed by atoms with E-state index in [9.17, 15) is 14.7 Å². The van der Waals surface area contributed by atoms with Crippen molar-refractivity contribution in [2.24, 2.45) is 5.92 Å². The summed E-state index contributed by atoms with van der Waals surface area (Å²) in [5.41, 5.74) is 9.96. The van der Waals surface area contributed by atoms with Gasteiger partial charge in [-0.25, -0.2) is 19.7 Å². The molecule has 10 nitrogen and oxygen atoms in total. The van der Waals surface area contributed by atoms with Crippen LogP contribution >= 0.6 is 0 Å². The molecule has 3 aromatic heterocycles. The highest BCUT2D eigenvalue weighted by atomic mass is 16.4. The van der Waals surface area contributed by atoms with Gasteiger partial charge >= 0.3 is 5.97 Å². The minimum absolute atomic E-state index is 0.178. The Bertz CT molecular complexity index is 1700. The molecule has 2 aromatic carbocycles. The van der Waals surface area contributed by atoms with Crippen LogP contribution in [0.25, 0.3) is 33.2 Å². The summed E-state index contributed by atoms with van der Waals surface area (Å²) in [7, 11) is 0. The van der Waals surface area contributed by atoms with E-state index in [1.54, 1.807) is 24.1 Å². The lowest BCUT2D eigenvalue weighted by Crippen LogP contribution is -2.36. The number of hydrogen-bond acceptors (Lipinski definition) is 8. The van der Waals surface area contributed by atoms with Gasteiger partial charge in [-0.05, 0) is 61.2 Å². The summed E-state index contributed by atoms with van der Waals surface area (Å²) in [6, 6.07) is 17.8. The molecule has 4 N–H and O–H groups in total. The van der Waals surface area contributed by atoms with Gasteiger partial charge in [-0.15, -0.1) is 0 Å². The van der Waals surface area contributed by atoms with E-state index in [1.807, 2.05) is 54.6 Å². The van der Waals surface area contributed by atoms with E-state index in [0.29, 0.717) is 52.8 Å². The minimum Gasteiger partial charge on any atom is -0.480 e. The van der Waals surface area contributed by atoms with Crippen molar-refractivity contribution in [2.45, 2.75) is 25.8 Å². The van der Waals surface area contributed by atoms with Crippen molar-refractivity contribution in [3.8, 4) is 11.1 Å². The number of pyridine rings is 1. The topological polar surface area (TPSA) is 147 Å². The number of rotatable bonds is 6. The first kappa shape index (κ1) is 24.4. The Morgan fingerprint density at radius 3 is 2.59 bits per heavy atom. The Kier molecular flexibility index (Phi) is 6.07. The van der Waals surface area contributed by atoms with Gasteiger partial charge in [0.2, 0.25) is 5.91 Å². The Morgan fingerprint density at radius 1 is 1.08 bits per heavy atom. The third-order valence-electron chi connectivity index (χ3n) is 7.02. The maximum Gasteiger partial charge on any atom is 0.326 e. The third-order valence-corrected chi connectivity index (χ3v) is 7.02. The number of amides is 1. The number of aromatic nitrogens is 3. The first-order valence-electron chi connectivity index (χ1n) is 12.6. The maximum absolute atomic E-state index is 12.9. The van der Waals surface area contributed by atoms with E-state index in [4.69, 9.17) is 10.2 Å². The molecule has 10 heteroatoms. The molecule has 0 saturated carbocycles. The van der Waals surface area contributed by atoms with Crippen LogP contribution in [0, 0.1) is 12.8 Å². The molecule has 0 spiro atoms. The molecular weight excluding hydrogens is 496 g/mol. The SMILES string of the molecule is Cc1nc(N2C[C@@H](CC(=O)Nc3ccc(-c4ccc(N)nc4)cc3)C[C@H]2C(=O)O)c2oc3ccccc3c2n1. The molecule has 0 bridgehead atoms. The highest BCUT2D eigenvalue weighted by molar-refractivity contribution is 6.06. The monoisotopic (exact) mass is 522 g/mol. The highest BCUT2D eigenvalue weighted by Crippen LogP contribution is 2.37. The van der Waals surface area contributed by atoms with Crippen LogP contribution < -0.4 is 16.0 Å². The van der Waals surface area contributed by atoms with Crippen LogP contribution in [0.2, 0.25) is 0 Å². The molecule has 6 rings (SSSR count). The number of aliphatic carboxylic acids is 1. The van der Waals surface area contributed by atoms with E-state index in [1.165, 1.54) is 0 Å². The number of nitrogens with one attached hydrogen (secondary N) is 1. The normalized spacial score (nSPS) is 17.1. The van der Waals surface area contributed by atoms with Gasteiger partial charge in [0, 0.05) is 35.8 Å². The van der Waals surface area contributed by atoms with Gasteiger partial charge in [0.05, 0.1) is 0 Å². The van der Waals surface area contributed by atoms with E-state index in [2.05, 4.69) is 20.3 Å². The zero-order valence-electron chi connectivity index (χ0n) is 21.2. The molecule has 0 unspecified atom stereocenters. The van der Waals surface area contributed by atoms with Crippen molar-refractivity contribution < 1.29 is 19.1 Å². The number of hydrogen-bond donors (Lipinski definition) is 3. The number of nitrogens with two attached hydrogens (primary N) is 1. The summed E-state index contributed by atoms with van der Waals surface area (Å²) in [6.07, 6.45) is 2.19. The standard InChI is InChI=1S/C29H26N6O4/c1-16-32-26-21-4-2-3-5-23(21)39-27(26)28(33-16)35-15-17(12-22(35)29(37)38)13-25(36)34-20-9-6-18(7-10-20)19-8-11-24(30)31-14-19/h2-11,14,17,22H,12-13,15H2,1H3,(H2,30,31)(H,34,36)(H,37,38)/t17-,22+/m1/s1. The highest BCUT2D eigenvalue weighted by Gasteiger charge is 2.40. The van der Waals surface area contributed by atoms with Crippen molar-refractivity contribution in [3.63, 3.8) is 0 Å². The Balaban J connectivity index is 1.19. The molecule has 1 saturated heterocycles. The molecule has 1 aliphatic heterocycles. The fraction of sp³-hybridized carbons (Fsp3) is 0.207. The number of carboxylic acid groups (broad SMARTS) is 1. The Hall–Kier alpha value is -4.99. The first-order valence-corrected chi connectivity index (χ1v) is 12.6. The fourth-order valence-electron chi connectivity index (χ4n) is 5.22. The van der Waals surface area contributed by atoms with Gasteiger partial charge in [0.1, 0.15) is 28.8 Å². The van der Waals surface area contributed by atoms with Crippen molar-refractivity contribution in [1.82, 2.24) is 15.0 Å². The van der Waals surface area contributed by atoms with Crippen LogP contribution in [0.3, 0.4) is 0 Å². The van der Waals surface area contributed by atoms with Gasteiger partial charge in [-0.3, -0.25) is 4.79 Å². The number of carbonyl (C=O) groups excluding carboxylic acids is 1. The average Bonchev–Trinajstić information content (AvgIpc) is 3.51. The second-order valence-electron chi connectivity index (χ2n) is 9.78. The van der Waals surface area contributed by atoms with Gasteiger partial charge in [0.15, 0.2) is 11.4 Å². The number of benzene rings is 2. The summed E-state index contributed by atoms with van der Waals surface area (Å²) in [6.45, 7) is 2.13. The second kappa shape index (κ2) is 9.71. The predicted octanol–water partition coefficient (Wildman–Crippen LogP) is 4.64. The quantitative estimate of drug-likeness (QED) is 0.290. The molecule has 1 amide bonds. The number of nitrogen functional groups attached to an aromatic ring is 1. The number of carbonyl (C=O) groups is 2. The molecule has 196 valence electrons. The number of para-hydroxylation sites is 1. The second-order valence-corrected chi connectivity index (χ2v) is 9.78. The first-order chi connectivity index (χ1) is 18.9. The summed E-state index contributed by atoms with van der Waals surface area (Å²) in [5, 5.41) is 13.8. The van der Waals surface area contributed by atoms with Gasteiger partial charge in [-0.1, -0.05) is 24.3 Å². The molecular formula is C29H26N6O4. The van der Waals surface area contributed by atoms with E-state index >= 15 is 0 Å². The van der Waals surface area contributed by atoms with E-state index in [-0.39, 0.29) is 18.2 Å². The summed E-state index contributed by atoms with van der Waals surface area (Å²) < 4.78 is 6.07. The number of fused-ring (bicyclic) bond motifs is 3. The summed E-state index contributed by atoms with van der Waals surface area (Å²) >= 11 is 0. The molecule has 0 radical (unpaired) electrons. The smallest absolute Gasteiger partial charge is 0.326 e. The van der Waals surface area contributed by atoms with Crippen LogP contribution in [0.15, 0.2) is 71.3 Å². The molecule has 4 heterocycles. The van der Waals surface area contributed by atoms with Crippen LogP contribution in [0.1, 0.15) is 18.7 Å². The molecule has 1 fully saturated rings. The minimum atomic E-state index is -0.966. The van der Waals surface area contributed by atoms with E-state index < -0.39 is 12.0 Å². The van der Waals surface area contributed by atoms with Crippen molar-refractivity contribution >= 4 is 51.3 Å². The number of nitrogens with zero attached hydrogens (tertiary/aromatic N) is 4. The largest absolute Gasteiger partial charge is 0.480 e. The Morgan fingerprint density at radius 2 is 1.85 bits per heavy atom. The number of anilines is 3. The average molecular weight is 523 g/mol. The number of carboxylic acids is 1. The van der Waals surface area contributed by atoms with E-state index in [0.717, 1.165) is 16.5 Å². The van der Waals surface area contributed by atoms with Crippen molar-refractivity contribution in [3.05, 3.63) is 72.7 Å². The lowest BCUT2D eigenvalue weighted by molar-refractivity contribution is -0.138. The van der Waals surface area contributed by atoms with Gasteiger partial charge < -0.3 is 25.5 Å². The van der Waals surface area contributed by atoms with Crippen LogP contribution in [-0.4, -0.2) is 44.5 Å². The third kappa shape index (κ3) is 4.72. The molecule has 0 aliphatic carbocycles. The van der Waals surface area contributed by atoms with Crippen molar-refractivity contribution in [1.29, 1.82) is 0 Å². The maximum atomic E-state index is 12.9.